The molecule has 5 heteroatoms. The molecule has 2 N–H and O–H groups in total. The molecule has 0 bridgehead atoms. The predicted molar refractivity (Wildman–Crippen MR) is 62.2 cm³/mol. The first-order chi connectivity index (χ1) is 6.84. The van der Waals surface area contributed by atoms with Gasteiger partial charge in [-0.15, -0.1) is 0 Å². The molecule has 0 fully saturated rings. The van der Waals surface area contributed by atoms with Gasteiger partial charge in [-0.2, -0.15) is 0 Å². The Hall–Kier alpha value is -1.10. The molecule has 0 aliphatic carbocycles. The van der Waals surface area contributed by atoms with Crippen molar-refractivity contribution in [3.05, 3.63) is 0 Å². The minimum atomic E-state index is -1.01. The number of carboxylic acid groups (broad SMARTS) is 1. The fourth-order valence-electron chi connectivity index (χ4n) is 0.925. The summed E-state index contributed by atoms with van der Waals surface area (Å²) in [5.74, 6) is -1.63. The number of esters is 1. The van der Waals surface area contributed by atoms with Crippen molar-refractivity contribution in [1.82, 2.24) is 5.32 Å². The molecule has 0 amide bonds. The first-order valence-electron chi connectivity index (χ1n) is 5.00. The molecule has 0 radical (unpaired) electrons. The Labute approximate surface area is 97.2 Å². The van der Waals surface area contributed by atoms with Crippen LogP contribution in [0.3, 0.4) is 0 Å². The Morgan fingerprint density at radius 2 is 1.75 bits per heavy atom. The molecule has 1 atom stereocenters. The van der Waals surface area contributed by atoms with E-state index >= 15 is 0 Å². The predicted octanol–water partition coefficient (Wildman–Crippen LogP) is 1.27. The van der Waals surface area contributed by atoms with Gasteiger partial charge in [-0.3, -0.25) is 14.9 Å². The van der Waals surface area contributed by atoms with Crippen molar-refractivity contribution in [2.24, 2.45) is 5.92 Å². The van der Waals surface area contributed by atoms with Gasteiger partial charge in [0, 0.05) is 6.04 Å². The number of hydrogen-bond acceptors (Lipinski definition) is 4. The molecular weight excluding hydrogens is 210 g/mol. The van der Waals surface area contributed by atoms with Crippen LogP contribution >= 0.6 is 0 Å². The standard InChI is InChI=1S/C10H19NO4.CH4/c1-6(2)10(14)15-5-8(9(12)13)11-7(3)4;/h6-8,11H,5H2,1-4H3,(H,12,13);1H4/t8-;/m0./s1. The molecule has 0 saturated carbocycles. The zero-order valence-corrected chi connectivity index (χ0v) is 9.61. The average Bonchev–Trinajstić information content (AvgIpc) is 2.10. The first kappa shape index (κ1) is 17.3. The summed E-state index contributed by atoms with van der Waals surface area (Å²) >= 11 is 0. The number of ether oxygens (including phenoxy) is 1. The van der Waals surface area contributed by atoms with Gasteiger partial charge in [-0.05, 0) is 0 Å². The Kier molecular flexibility index (Phi) is 8.76. The highest BCUT2D eigenvalue weighted by atomic mass is 16.5. The van der Waals surface area contributed by atoms with Crippen LogP contribution in [0.15, 0.2) is 0 Å². The lowest BCUT2D eigenvalue weighted by atomic mass is 10.2. The molecule has 0 aromatic rings. The van der Waals surface area contributed by atoms with Crippen molar-refractivity contribution in [3.63, 3.8) is 0 Å². The minimum Gasteiger partial charge on any atom is -0.480 e. The summed E-state index contributed by atoms with van der Waals surface area (Å²) in [5.41, 5.74) is 0. The van der Waals surface area contributed by atoms with E-state index in [1.807, 2.05) is 13.8 Å². The summed E-state index contributed by atoms with van der Waals surface area (Å²) < 4.78 is 4.85. The summed E-state index contributed by atoms with van der Waals surface area (Å²) in [7, 11) is 0. The van der Waals surface area contributed by atoms with E-state index in [0.29, 0.717) is 0 Å². The van der Waals surface area contributed by atoms with Crippen LogP contribution in [0, 0.1) is 5.92 Å². The van der Waals surface area contributed by atoms with Crippen molar-refractivity contribution >= 4 is 11.9 Å². The molecule has 0 saturated heterocycles. The zero-order chi connectivity index (χ0) is 12.0. The number of carbonyl (C=O) groups is 2. The van der Waals surface area contributed by atoms with Gasteiger partial charge in [0.05, 0.1) is 5.92 Å². The van der Waals surface area contributed by atoms with Gasteiger partial charge in [0.15, 0.2) is 0 Å². The Morgan fingerprint density at radius 1 is 1.25 bits per heavy atom. The highest BCUT2D eigenvalue weighted by molar-refractivity contribution is 5.75. The Morgan fingerprint density at radius 3 is 2.06 bits per heavy atom. The van der Waals surface area contributed by atoms with E-state index < -0.39 is 12.0 Å². The maximum Gasteiger partial charge on any atom is 0.324 e. The summed E-state index contributed by atoms with van der Waals surface area (Å²) in [6, 6.07) is -0.809. The molecule has 0 heterocycles. The largest absolute Gasteiger partial charge is 0.480 e. The number of nitrogens with one attached hydrogen (secondary N) is 1. The second kappa shape index (κ2) is 8.10. The SMILES string of the molecule is C.CC(C)N[C@@H](COC(=O)C(C)C)C(=O)O. The van der Waals surface area contributed by atoms with E-state index in [0.717, 1.165) is 0 Å². The first-order valence-corrected chi connectivity index (χ1v) is 5.00. The van der Waals surface area contributed by atoms with Crippen molar-refractivity contribution in [3.8, 4) is 0 Å². The van der Waals surface area contributed by atoms with E-state index in [1.165, 1.54) is 0 Å². The lowest BCUT2D eigenvalue weighted by Gasteiger charge is -2.17. The van der Waals surface area contributed by atoms with E-state index in [4.69, 9.17) is 9.84 Å². The van der Waals surface area contributed by atoms with Gasteiger partial charge < -0.3 is 9.84 Å². The fourth-order valence-corrected chi connectivity index (χ4v) is 0.925. The van der Waals surface area contributed by atoms with Crippen LogP contribution in [-0.4, -0.2) is 35.7 Å². The minimum absolute atomic E-state index is 0. The van der Waals surface area contributed by atoms with Crippen LogP contribution in [-0.2, 0) is 14.3 Å². The fraction of sp³-hybridized carbons (Fsp3) is 0.818. The number of aliphatic carboxylic acids is 1. The van der Waals surface area contributed by atoms with Crippen molar-refractivity contribution in [2.75, 3.05) is 6.61 Å². The van der Waals surface area contributed by atoms with Crippen LogP contribution in [0.5, 0.6) is 0 Å². The quantitative estimate of drug-likeness (QED) is 0.676. The molecule has 0 aliphatic heterocycles. The molecule has 0 spiro atoms. The Bertz CT molecular complexity index is 226. The number of carboxylic acids is 1. The molecule has 0 rings (SSSR count). The van der Waals surface area contributed by atoms with E-state index in [-0.39, 0.29) is 32.0 Å². The van der Waals surface area contributed by atoms with Crippen LogP contribution in [0.1, 0.15) is 35.1 Å². The third kappa shape index (κ3) is 7.23. The normalized spacial score (nSPS) is 12.1. The molecule has 0 aliphatic rings. The summed E-state index contributed by atoms with van der Waals surface area (Å²) in [6.45, 7) is 6.94. The van der Waals surface area contributed by atoms with E-state index in [1.54, 1.807) is 13.8 Å². The van der Waals surface area contributed by atoms with Crippen LogP contribution < -0.4 is 5.32 Å². The van der Waals surface area contributed by atoms with Crippen LogP contribution in [0.2, 0.25) is 0 Å². The summed E-state index contributed by atoms with van der Waals surface area (Å²) in [4.78, 5) is 21.9. The molecule has 5 nitrogen and oxygen atoms in total. The third-order valence-corrected chi connectivity index (χ3v) is 1.70. The number of carbonyl (C=O) groups excluding carboxylic acids is 1. The van der Waals surface area contributed by atoms with Crippen LogP contribution in [0.4, 0.5) is 0 Å². The van der Waals surface area contributed by atoms with Gasteiger partial charge in [0.2, 0.25) is 0 Å². The maximum absolute atomic E-state index is 11.1. The lowest BCUT2D eigenvalue weighted by molar-refractivity contribution is -0.151. The van der Waals surface area contributed by atoms with Crippen LogP contribution in [0.25, 0.3) is 0 Å². The zero-order valence-electron chi connectivity index (χ0n) is 9.61. The second-order valence-corrected chi connectivity index (χ2v) is 4.00. The topological polar surface area (TPSA) is 75.6 Å². The average molecular weight is 233 g/mol. The monoisotopic (exact) mass is 233 g/mol. The van der Waals surface area contributed by atoms with Crippen molar-refractivity contribution < 1.29 is 19.4 Å². The molecule has 0 aromatic carbocycles. The third-order valence-electron chi connectivity index (χ3n) is 1.70. The van der Waals surface area contributed by atoms with Gasteiger partial charge in [-0.1, -0.05) is 35.1 Å². The summed E-state index contributed by atoms with van der Waals surface area (Å²) in [5, 5.41) is 11.6. The lowest BCUT2D eigenvalue weighted by Crippen LogP contribution is -2.44. The Balaban J connectivity index is 0. The number of hydrogen-bond donors (Lipinski definition) is 2. The van der Waals surface area contributed by atoms with E-state index in [9.17, 15) is 9.59 Å². The molecule has 16 heavy (non-hydrogen) atoms. The highest BCUT2D eigenvalue weighted by Gasteiger charge is 2.20. The van der Waals surface area contributed by atoms with Gasteiger partial charge in [0.25, 0.3) is 0 Å². The van der Waals surface area contributed by atoms with Crippen molar-refractivity contribution in [1.29, 1.82) is 0 Å². The molecular formula is C11H23NO4. The highest BCUT2D eigenvalue weighted by Crippen LogP contribution is 1.98. The van der Waals surface area contributed by atoms with E-state index in [2.05, 4.69) is 5.32 Å². The van der Waals surface area contributed by atoms with Crippen molar-refractivity contribution in [2.45, 2.75) is 47.2 Å². The molecule has 0 unspecified atom stereocenters. The molecule has 0 aromatic heterocycles. The summed E-state index contributed by atoms with van der Waals surface area (Å²) in [6.07, 6.45) is 0. The smallest absolute Gasteiger partial charge is 0.324 e. The van der Waals surface area contributed by atoms with Gasteiger partial charge >= 0.3 is 11.9 Å². The second-order valence-electron chi connectivity index (χ2n) is 4.00. The maximum atomic E-state index is 11.1. The number of rotatable bonds is 6. The molecule has 96 valence electrons. The van der Waals surface area contributed by atoms with Gasteiger partial charge in [0.1, 0.15) is 12.6 Å². The van der Waals surface area contributed by atoms with Gasteiger partial charge in [-0.25, -0.2) is 0 Å².